The van der Waals surface area contributed by atoms with Crippen LogP contribution in [0.2, 0.25) is 0 Å². The van der Waals surface area contributed by atoms with Crippen molar-refractivity contribution >= 4 is 12.0 Å². The Morgan fingerprint density at radius 1 is 1.29 bits per heavy atom. The van der Waals surface area contributed by atoms with Gasteiger partial charge >= 0.3 is 12.0 Å². The van der Waals surface area contributed by atoms with Gasteiger partial charge in [-0.15, -0.1) is 0 Å². The predicted octanol–water partition coefficient (Wildman–Crippen LogP) is 2.24. The van der Waals surface area contributed by atoms with Crippen LogP contribution < -0.4 is 14.8 Å². The Balaban J connectivity index is 2.57. The average Bonchev–Trinajstić information content (AvgIpc) is 2.58. The van der Waals surface area contributed by atoms with Crippen molar-refractivity contribution in [2.45, 2.75) is 19.9 Å². The largest absolute Gasteiger partial charge is 0.497 e. The van der Waals surface area contributed by atoms with Gasteiger partial charge in [0.25, 0.3) is 0 Å². The third-order valence-corrected chi connectivity index (χ3v) is 4.00. The fourth-order valence-electron chi connectivity index (χ4n) is 2.60. The van der Waals surface area contributed by atoms with E-state index in [0.29, 0.717) is 28.3 Å². The molecular weight excluding hydrogens is 312 g/mol. The third kappa shape index (κ3) is 3.15. The van der Waals surface area contributed by atoms with Crippen molar-refractivity contribution in [1.82, 2.24) is 10.2 Å². The second kappa shape index (κ2) is 7.25. The first-order chi connectivity index (χ1) is 11.4. The van der Waals surface area contributed by atoms with Crippen LogP contribution in [0.25, 0.3) is 0 Å². The quantitative estimate of drug-likeness (QED) is 0.836. The zero-order chi connectivity index (χ0) is 17.9. The fourth-order valence-corrected chi connectivity index (χ4v) is 2.60. The van der Waals surface area contributed by atoms with Crippen LogP contribution in [0.4, 0.5) is 4.79 Å². The summed E-state index contributed by atoms with van der Waals surface area (Å²) in [4.78, 5) is 26.0. The van der Waals surface area contributed by atoms with Gasteiger partial charge in [-0.1, -0.05) is 0 Å². The van der Waals surface area contributed by atoms with Gasteiger partial charge in [0.1, 0.15) is 11.5 Å². The summed E-state index contributed by atoms with van der Waals surface area (Å²) in [7, 11) is 4.68. The van der Waals surface area contributed by atoms with E-state index in [9.17, 15) is 9.59 Å². The summed E-state index contributed by atoms with van der Waals surface area (Å²) in [6, 6.07) is 4.26. The van der Waals surface area contributed by atoms with Crippen LogP contribution in [-0.4, -0.2) is 44.8 Å². The number of nitrogens with one attached hydrogen (secondary N) is 1. The van der Waals surface area contributed by atoms with Gasteiger partial charge in [-0.25, -0.2) is 9.59 Å². The summed E-state index contributed by atoms with van der Waals surface area (Å²) in [6.45, 7) is 3.70. The molecule has 1 heterocycles. The topological polar surface area (TPSA) is 77.1 Å². The number of carbonyl (C=O) groups is 2. The van der Waals surface area contributed by atoms with E-state index in [1.165, 1.54) is 12.0 Å². The molecule has 130 valence electrons. The molecule has 0 spiro atoms. The maximum absolute atomic E-state index is 12.4. The number of carbonyl (C=O) groups excluding carboxylic acids is 2. The summed E-state index contributed by atoms with van der Waals surface area (Å²) < 4.78 is 15.8. The molecule has 0 saturated heterocycles. The summed E-state index contributed by atoms with van der Waals surface area (Å²) in [6.07, 6.45) is 0. The van der Waals surface area contributed by atoms with Gasteiger partial charge in [-0.3, -0.25) is 0 Å². The summed E-state index contributed by atoms with van der Waals surface area (Å²) in [5, 5.41) is 2.82. The fraction of sp³-hybridized carbons (Fsp3) is 0.412. The minimum atomic E-state index is -0.659. The minimum Gasteiger partial charge on any atom is -0.497 e. The number of esters is 1. The lowest BCUT2D eigenvalue weighted by Gasteiger charge is -2.33. The number of hydrogen-bond donors (Lipinski definition) is 1. The smallest absolute Gasteiger partial charge is 0.338 e. The highest BCUT2D eigenvalue weighted by molar-refractivity contribution is 5.95. The zero-order valence-electron chi connectivity index (χ0n) is 14.5. The van der Waals surface area contributed by atoms with Crippen molar-refractivity contribution < 1.29 is 23.8 Å². The van der Waals surface area contributed by atoms with Gasteiger partial charge in [0.05, 0.1) is 32.4 Å². The van der Waals surface area contributed by atoms with E-state index >= 15 is 0 Å². The average molecular weight is 334 g/mol. The Hall–Kier alpha value is -2.70. The van der Waals surface area contributed by atoms with Crippen molar-refractivity contribution in [3.63, 3.8) is 0 Å². The standard InChI is InChI=1S/C17H22N2O5/c1-6-24-16(20)14-10(2)19(3)17(21)18-15(14)12-8-7-11(22-4)9-13(12)23-5/h7-9,15H,6H2,1-5H3,(H,18,21)/t15-/m0/s1. The number of hydrogen-bond acceptors (Lipinski definition) is 5. The molecule has 7 nitrogen and oxygen atoms in total. The first kappa shape index (κ1) is 17.7. The number of nitrogens with zero attached hydrogens (tertiary/aromatic N) is 1. The second-order valence-corrected chi connectivity index (χ2v) is 5.27. The van der Waals surface area contributed by atoms with Crippen LogP contribution in [0.3, 0.4) is 0 Å². The first-order valence-electron chi connectivity index (χ1n) is 7.58. The summed E-state index contributed by atoms with van der Waals surface area (Å²) in [5.41, 5.74) is 1.57. The number of methoxy groups -OCH3 is 2. The van der Waals surface area contributed by atoms with E-state index in [1.807, 2.05) is 0 Å². The summed E-state index contributed by atoms with van der Waals surface area (Å²) in [5.74, 6) is 0.664. The first-order valence-corrected chi connectivity index (χ1v) is 7.58. The van der Waals surface area contributed by atoms with E-state index < -0.39 is 12.0 Å². The number of allylic oxidation sites excluding steroid dienone is 1. The molecule has 0 aliphatic carbocycles. The van der Waals surface area contributed by atoms with Crippen molar-refractivity contribution in [3.05, 3.63) is 35.0 Å². The molecule has 1 aliphatic rings. The Bertz CT molecular complexity index is 684. The number of amides is 2. The van der Waals surface area contributed by atoms with Gasteiger partial charge in [0, 0.05) is 24.4 Å². The summed E-state index contributed by atoms with van der Waals surface area (Å²) >= 11 is 0. The molecule has 2 amide bonds. The number of urea groups is 1. The molecule has 2 rings (SSSR count). The number of benzene rings is 1. The SMILES string of the molecule is CCOC(=O)C1=C(C)N(C)C(=O)N[C@H]1c1ccc(OC)cc1OC. The molecule has 24 heavy (non-hydrogen) atoms. The monoisotopic (exact) mass is 334 g/mol. The molecule has 0 unspecified atom stereocenters. The normalized spacial score (nSPS) is 17.5. The van der Waals surface area contributed by atoms with Gasteiger partial charge in [-0.2, -0.15) is 0 Å². The van der Waals surface area contributed by atoms with Crippen molar-refractivity contribution in [2.24, 2.45) is 0 Å². The maximum Gasteiger partial charge on any atom is 0.338 e. The van der Waals surface area contributed by atoms with Gasteiger partial charge < -0.3 is 24.4 Å². The zero-order valence-corrected chi connectivity index (χ0v) is 14.5. The van der Waals surface area contributed by atoms with Crippen molar-refractivity contribution in [1.29, 1.82) is 0 Å². The molecule has 7 heteroatoms. The molecule has 1 aliphatic heterocycles. The molecule has 1 aromatic rings. The molecule has 1 atom stereocenters. The highest BCUT2D eigenvalue weighted by Crippen LogP contribution is 2.37. The lowest BCUT2D eigenvalue weighted by atomic mass is 9.94. The molecule has 1 N–H and O–H groups in total. The van der Waals surface area contributed by atoms with Crippen LogP contribution in [0.5, 0.6) is 11.5 Å². The predicted molar refractivity (Wildman–Crippen MR) is 87.9 cm³/mol. The maximum atomic E-state index is 12.4. The van der Waals surface area contributed by atoms with Crippen LogP contribution >= 0.6 is 0 Å². The van der Waals surface area contributed by atoms with E-state index in [2.05, 4.69) is 5.32 Å². The van der Waals surface area contributed by atoms with Crippen molar-refractivity contribution in [3.8, 4) is 11.5 Å². The highest BCUT2D eigenvalue weighted by Gasteiger charge is 2.36. The van der Waals surface area contributed by atoms with Gasteiger partial charge in [0.2, 0.25) is 0 Å². The van der Waals surface area contributed by atoms with E-state index in [1.54, 1.807) is 46.2 Å². The molecule has 0 saturated carbocycles. The van der Waals surface area contributed by atoms with Crippen molar-refractivity contribution in [2.75, 3.05) is 27.9 Å². The van der Waals surface area contributed by atoms with Gasteiger partial charge in [0.15, 0.2) is 0 Å². The second-order valence-electron chi connectivity index (χ2n) is 5.27. The molecule has 0 fully saturated rings. The van der Waals surface area contributed by atoms with Crippen LogP contribution in [0, 0.1) is 0 Å². The minimum absolute atomic E-state index is 0.250. The Kier molecular flexibility index (Phi) is 5.33. The van der Waals surface area contributed by atoms with Crippen LogP contribution in [0.15, 0.2) is 29.5 Å². The van der Waals surface area contributed by atoms with Gasteiger partial charge in [-0.05, 0) is 26.0 Å². The number of rotatable bonds is 5. The van der Waals surface area contributed by atoms with E-state index in [4.69, 9.17) is 14.2 Å². The Labute approximate surface area is 141 Å². The van der Waals surface area contributed by atoms with Crippen LogP contribution in [-0.2, 0) is 9.53 Å². The third-order valence-electron chi connectivity index (χ3n) is 4.00. The molecule has 0 bridgehead atoms. The van der Waals surface area contributed by atoms with E-state index in [-0.39, 0.29) is 12.6 Å². The Morgan fingerprint density at radius 2 is 2.00 bits per heavy atom. The molecule has 1 aromatic carbocycles. The lowest BCUT2D eigenvalue weighted by Crippen LogP contribution is -2.46. The van der Waals surface area contributed by atoms with Crippen LogP contribution in [0.1, 0.15) is 25.5 Å². The highest BCUT2D eigenvalue weighted by atomic mass is 16.5. The molecule has 0 aromatic heterocycles. The molecular formula is C17H22N2O5. The molecule has 0 radical (unpaired) electrons. The number of ether oxygens (including phenoxy) is 3. The Morgan fingerprint density at radius 3 is 2.58 bits per heavy atom. The lowest BCUT2D eigenvalue weighted by molar-refractivity contribution is -0.139. The van der Waals surface area contributed by atoms with E-state index in [0.717, 1.165) is 0 Å².